The molecule has 5 atom stereocenters. The molecular formula is C29H47N3O4S. The zero-order valence-corrected chi connectivity index (χ0v) is 24.3. The summed E-state index contributed by atoms with van der Waals surface area (Å²) in [4.78, 5) is 48.2. The minimum absolute atomic E-state index is 0.0174. The molecular weight excluding hydrogens is 486 g/mol. The fraction of sp³-hybridized carbons (Fsp3) is 0.759. The molecule has 3 aliphatic heterocycles. The van der Waals surface area contributed by atoms with E-state index >= 15 is 0 Å². The number of rotatable bonds is 13. The van der Waals surface area contributed by atoms with Crippen molar-refractivity contribution < 1.29 is 19.5 Å². The number of likely N-dealkylation sites (tertiary alicyclic amines) is 1. The summed E-state index contributed by atoms with van der Waals surface area (Å²) in [7, 11) is 0. The summed E-state index contributed by atoms with van der Waals surface area (Å²) < 4.78 is -0.992. The molecule has 3 rings (SSSR count). The summed E-state index contributed by atoms with van der Waals surface area (Å²) in [6.07, 6.45) is 8.05. The molecule has 8 heteroatoms. The second kappa shape index (κ2) is 11.5. The van der Waals surface area contributed by atoms with Gasteiger partial charge in [0.2, 0.25) is 17.7 Å². The van der Waals surface area contributed by atoms with Crippen LogP contribution in [0.15, 0.2) is 25.3 Å². The van der Waals surface area contributed by atoms with E-state index in [-0.39, 0.29) is 29.1 Å². The molecule has 2 unspecified atom stereocenters. The molecule has 3 aliphatic rings. The first kappa shape index (κ1) is 29.8. The number of aliphatic hydroxyl groups is 1. The van der Waals surface area contributed by atoms with Gasteiger partial charge >= 0.3 is 0 Å². The molecule has 37 heavy (non-hydrogen) atoms. The Morgan fingerprint density at radius 3 is 2.38 bits per heavy atom. The number of aliphatic hydroxyl groups excluding tert-OH is 1. The van der Waals surface area contributed by atoms with Crippen molar-refractivity contribution in [2.75, 3.05) is 32.8 Å². The lowest BCUT2D eigenvalue weighted by molar-refractivity contribution is -0.146. The van der Waals surface area contributed by atoms with E-state index in [1.54, 1.807) is 28.8 Å². The number of carbonyl (C=O) groups excluding carboxylic acids is 3. The third kappa shape index (κ3) is 5.25. The van der Waals surface area contributed by atoms with Gasteiger partial charge in [-0.05, 0) is 66.2 Å². The quantitative estimate of drug-likeness (QED) is 0.287. The molecule has 0 aromatic carbocycles. The maximum Gasteiger partial charge on any atom is 0.247 e. The summed E-state index contributed by atoms with van der Waals surface area (Å²) in [6.45, 7) is 20.0. The molecule has 3 amide bonds. The minimum Gasteiger partial charge on any atom is -0.396 e. The Bertz CT molecular complexity index is 902. The molecule has 3 fully saturated rings. The molecule has 0 saturated carbocycles. The molecule has 0 aromatic rings. The third-order valence-corrected chi connectivity index (χ3v) is 10.4. The van der Waals surface area contributed by atoms with Crippen molar-refractivity contribution >= 4 is 29.5 Å². The highest BCUT2D eigenvalue weighted by atomic mass is 32.2. The Labute approximate surface area is 227 Å². The average molecular weight is 534 g/mol. The number of carbonyl (C=O) groups is 3. The number of hydrogen-bond acceptors (Lipinski definition) is 5. The zero-order valence-electron chi connectivity index (χ0n) is 23.5. The lowest BCUT2D eigenvalue weighted by Crippen LogP contribution is -2.59. The lowest BCUT2D eigenvalue weighted by atomic mass is 9.66. The van der Waals surface area contributed by atoms with Crippen molar-refractivity contribution in [3.63, 3.8) is 0 Å². The summed E-state index contributed by atoms with van der Waals surface area (Å²) in [5.74, 6) is -1.05. The zero-order chi connectivity index (χ0) is 27.6. The van der Waals surface area contributed by atoms with Crippen LogP contribution in [0.3, 0.4) is 0 Å². The summed E-state index contributed by atoms with van der Waals surface area (Å²) >= 11 is 1.73. The van der Waals surface area contributed by atoms with E-state index in [9.17, 15) is 19.5 Å². The number of amides is 3. The van der Waals surface area contributed by atoms with Crippen molar-refractivity contribution in [2.24, 2.45) is 11.8 Å². The Morgan fingerprint density at radius 2 is 1.81 bits per heavy atom. The Morgan fingerprint density at radius 1 is 1.14 bits per heavy atom. The summed E-state index contributed by atoms with van der Waals surface area (Å²) in [5, 5.41) is 9.25. The van der Waals surface area contributed by atoms with E-state index in [0.29, 0.717) is 32.6 Å². The molecule has 3 heterocycles. The molecule has 0 aromatic heterocycles. The van der Waals surface area contributed by atoms with Crippen LogP contribution in [-0.4, -0.2) is 91.4 Å². The van der Waals surface area contributed by atoms with Crippen LogP contribution < -0.4 is 0 Å². The SMILES string of the molecule is C=CCN(CCC)C(=O)[C@@H]1[C@H]2C(=O)N(CCCCCO)C(C(=O)N(CC=C)C(C)(C)C)C23CC[C@@]1(C)S3. The van der Waals surface area contributed by atoms with Crippen molar-refractivity contribution in [1.29, 1.82) is 0 Å². The Balaban J connectivity index is 2.07. The molecule has 0 radical (unpaired) electrons. The van der Waals surface area contributed by atoms with Gasteiger partial charge in [-0.2, -0.15) is 0 Å². The predicted octanol–water partition coefficient (Wildman–Crippen LogP) is 3.87. The van der Waals surface area contributed by atoms with Crippen LogP contribution >= 0.6 is 11.8 Å². The van der Waals surface area contributed by atoms with Crippen LogP contribution in [0.5, 0.6) is 0 Å². The van der Waals surface area contributed by atoms with Gasteiger partial charge in [0, 0.05) is 43.1 Å². The molecule has 3 saturated heterocycles. The normalized spacial score (nSPS) is 30.4. The molecule has 1 N–H and O–H groups in total. The van der Waals surface area contributed by atoms with E-state index in [0.717, 1.165) is 32.1 Å². The first-order chi connectivity index (χ1) is 17.4. The summed E-state index contributed by atoms with van der Waals surface area (Å²) in [6, 6.07) is -0.609. The second-order valence-electron chi connectivity index (χ2n) is 12.0. The van der Waals surface area contributed by atoms with Crippen molar-refractivity contribution in [3.05, 3.63) is 25.3 Å². The number of unbranched alkanes of at least 4 members (excludes halogenated alkanes) is 2. The first-order valence-corrected chi connectivity index (χ1v) is 14.7. The topological polar surface area (TPSA) is 81.2 Å². The number of nitrogens with zero attached hydrogens (tertiary/aromatic N) is 3. The smallest absolute Gasteiger partial charge is 0.247 e. The van der Waals surface area contributed by atoms with Crippen LogP contribution in [0, 0.1) is 11.8 Å². The fourth-order valence-corrected chi connectivity index (χ4v) is 9.12. The standard InChI is InChI=1S/C29H47N3O4S/c1-8-16-30(17-9-2)24(34)21-22-25(35)31(19-12-11-13-20-33)23(29(22)15-14-28(21,7)37-29)26(36)32(18-10-3)27(4,5)6/h8,10,21-23,33H,1,3,9,11-20H2,2,4-7H3/t21-,22-,23?,28+,29?/m0/s1. The highest BCUT2D eigenvalue weighted by Gasteiger charge is 2.77. The Hall–Kier alpha value is -1.80. The molecule has 1 spiro atoms. The van der Waals surface area contributed by atoms with Gasteiger partial charge in [-0.1, -0.05) is 19.1 Å². The predicted molar refractivity (Wildman–Crippen MR) is 150 cm³/mol. The number of hydrogen-bond donors (Lipinski definition) is 1. The van der Waals surface area contributed by atoms with Gasteiger partial charge in [-0.15, -0.1) is 24.9 Å². The highest BCUT2D eigenvalue weighted by molar-refractivity contribution is 8.02. The molecule has 2 bridgehead atoms. The van der Waals surface area contributed by atoms with Gasteiger partial charge < -0.3 is 19.8 Å². The van der Waals surface area contributed by atoms with Crippen molar-refractivity contribution in [1.82, 2.24) is 14.7 Å². The summed E-state index contributed by atoms with van der Waals surface area (Å²) in [5.41, 5.74) is -0.437. The van der Waals surface area contributed by atoms with Gasteiger partial charge in [0.05, 0.1) is 16.6 Å². The van der Waals surface area contributed by atoms with Gasteiger partial charge in [0.15, 0.2) is 0 Å². The fourth-order valence-electron chi connectivity index (χ4n) is 6.78. The maximum atomic E-state index is 14.4. The molecule has 7 nitrogen and oxygen atoms in total. The second-order valence-corrected chi connectivity index (χ2v) is 13.9. The maximum absolute atomic E-state index is 14.4. The average Bonchev–Trinajstić information content (AvgIpc) is 3.39. The van der Waals surface area contributed by atoms with Crippen LogP contribution in [0.2, 0.25) is 0 Å². The van der Waals surface area contributed by atoms with Crippen molar-refractivity contribution in [2.45, 2.75) is 94.2 Å². The third-order valence-electron chi connectivity index (χ3n) is 8.38. The first-order valence-electron chi connectivity index (χ1n) is 13.9. The van der Waals surface area contributed by atoms with Crippen molar-refractivity contribution in [3.8, 4) is 0 Å². The lowest BCUT2D eigenvalue weighted by Gasteiger charge is -2.42. The molecule has 208 valence electrons. The molecule has 0 aliphatic carbocycles. The minimum atomic E-state index is -0.614. The van der Waals surface area contributed by atoms with Gasteiger partial charge in [-0.25, -0.2) is 0 Å². The van der Waals surface area contributed by atoms with E-state index in [4.69, 9.17) is 0 Å². The van der Waals surface area contributed by atoms with Crippen LogP contribution in [-0.2, 0) is 14.4 Å². The number of fused-ring (bicyclic) bond motifs is 1. The van der Waals surface area contributed by atoms with E-state index in [1.807, 2.05) is 37.5 Å². The van der Waals surface area contributed by atoms with E-state index in [1.165, 1.54) is 0 Å². The van der Waals surface area contributed by atoms with E-state index in [2.05, 4.69) is 20.1 Å². The number of thioether (sulfide) groups is 1. The van der Waals surface area contributed by atoms with Crippen LogP contribution in [0.4, 0.5) is 0 Å². The van der Waals surface area contributed by atoms with Gasteiger partial charge in [0.1, 0.15) is 6.04 Å². The highest BCUT2D eigenvalue weighted by Crippen LogP contribution is 2.71. The van der Waals surface area contributed by atoms with Crippen LogP contribution in [0.25, 0.3) is 0 Å². The van der Waals surface area contributed by atoms with Crippen LogP contribution in [0.1, 0.15) is 73.1 Å². The largest absolute Gasteiger partial charge is 0.396 e. The van der Waals surface area contributed by atoms with Gasteiger partial charge in [-0.3, -0.25) is 14.4 Å². The van der Waals surface area contributed by atoms with Gasteiger partial charge in [0.25, 0.3) is 0 Å². The Kier molecular flexibility index (Phi) is 9.26. The van der Waals surface area contributed by atoms with E-state index < -0.39 is 28.2 Å². The monoisotopic (exact) mass is 533 g/mol.